The minimum Gasteiger partial charge on any atom is -0.504 e. The van der Waals surface area contributed by atoms with Crippen LogP contribution < -0.4 is 0 Å². The number of hydrogen-bond donors (Lipinski definition) is 13. The minimum absolute atomic E-state index is 0.555. The Balaban J connectivity index is 1.55. The summed E-state index contributed by atoms with van der Waals surface area (Å²) in [6, 6.07) is 5.01. The fraction of sp³-hybridized carbons (Fsp3) is 0.176. The molecule has 4 aromatic carbocycles. The summed E-state index contributed by atoms with van der Waals surface area (Å²) in [5, 5.41) is 129. The highest BCUT2D eigenvalue weighted by atomic mass is 16.7. The maximum Gasteiger partial charge on any atom is 0.340 e. The average Bonchev–Trinajstić information content (AvgIpc) is 3.14. The molecule has 1 heterocycles. The summed E-state index contributed by atoms with van der Waals surface area (Å²) in [4.78, 5) is 52.9. The zero-order valence-electron chi connectivity index (χ0n) is 27.7. The highest BCUT2D eigenvalue weighted by Gasteiger charge is 2.52. The second-order valence-corrected chi connectivity index (χ2v) is 11.7. The van der Waals surface area contributed by atoms with Gasteiger partial charge in [0.15, 0.2) is 75.1 Å². The van der Waals surface area contributed by atoms with Crippen molar-refractivity contribution < 1.29 is 109 Å². The molecule has 1 fully saturated rings. The van der Waals surface area contributed by atoms with Gasteiger partial charge in [0.1, 0.15) is 18.8 Å². The van der Waals surface area contributed by atoms with Gasteiger partial charge in [-0.2, -0.15) is 0 Å². The zero-order chi connectivity index (χ0) is 41.3. The Bertz CT molecular complexity index is 2140. The summed E-state index contributed by atoms with van der Waals surface area (Å²) in [5.41, 5.74) is -2.65. The Morgan fingerprint density at radius 2 is 0.732 bits per heavy atom. The van der Waals surface area contributed by atoms with E-state index in [0.29, 0.717) is 48.5 Å². The van der Waals surface area contributed by atoms with Gasteiger partial charge in [0.2, 0.25) is 12.4 Å². The summed E-state index contributed by atoms with van der Waals surface area (Å²) < 4.78 is 26.7. The molecular formula is C34H28O22. The van der Waals surface area contributed by atoms with Crippen molar-refractivity contribution >= 4 is 23.9 Å². The Labute approximate surface area is 310 Å². The van der Waals surface area contributed by atoms with Crippen LogP contribution in [0.4, 0.5) is 0 Å². The molecule has 56 heavy (non-hydrogen) atoms. The summed E-state index contributed by atoms with van der Waals surface area (Å²) >= 11 is 0. The highest BCUT2D eigenvalue weighted by Crippen LogP contribution is 2.40. The van der Waals surface area contributed by atoms with Gasteiger partial charge < -0.3 is 90.1 Å². The highest BCUT2D eigenvalue weighted by molar-refractivity contribution is 5.93. The molecule has 0 bridgehead atoms. The number of benzene rings is 4. The number of rotatable bonds is 9. The zero-order valence-corrected chi connectivity index (χ0v) is 27.7. The van der Waals surface area contributed by atoms with E-state index in [4.69, 9.17) is 23.7 Å². The smallest absolute Gasteiger partial charge is 0.340 e. The molecule has 0 unspecified atom stereocenters. The lowest BCUT2D eigenvalue weighted by molar-refractivity contribution is -0.283. The van der Waals surface area contributed by atoms with E-state index in [1.54, 1.807) is 0 Å². The van der Waals surface area contributed by atoms with Crippen molar-refractivity contribution in [2.75, 3.05) is 6.61 Å². The first-order valence-electron chi connectivity index (χ1n) is 15.4. The van der Waals surface area contributed by atoms with E-state index in [-0.39, 0.29) is 0 Å². The number of carbonyl (C=O) groups excluding carboxylic acids is 4. The maximum absolute atomic E-state index is 13.4. The van der Waals surface area contributed by atoms with Gasteiger partial charge in [-0.05, 0) is 48.5 Å². The summed E-state index contributed by atoms with van der Waals surface area (Å²) in [6.07, 6.45) is -11.2. The van der Waals surface area contributed by atoms with Gasteiger partial charge in [0.05, 0.1) is 22.3 Å². The number of phenolic OH excluding ortho intramolecular Hbond substituents is 12. The molecule has 1 aliphatic rings. The first-order chi connectivity index (χ1) is 26.3. The Morgan fingerprint density at radius 3 is 1.07 bits per heavy atom. The third-order valence-electron chi connectivity index (χ3n) is 7.93. The van der Waals surface area contributed by atoms with Crippen molar-refractivity contribution in [3.8, 4) is 69.0 Å². The summed E-state index contributed by atoms with van der Waals surface area (Å²) in [5.74, 6) is -18.1. The SMILES string of the molecule is O=C(OC[C@H]1O[C@@H](OC(=O)c2cc(O)c(O)c(O)c2)[C@H](OC(=O)c2cc(O)c(O)c(O)c2)[C@@H](OC(=O)c2cc(O)c(O)c(O)c2)[C@@H]1O)c1cc(O)c(O)c(O)c1. The topological polar surface area (TPSA) is 377 Å². The Kier molecular flexibility index (Phi) is 10.8. The molecular weight excluding hydrogens is 760 g/mol. The van der Waals surface area contributed by atoms with Gasteiger partial charge >= 0.3 is 23.9 Å². The van der Waals surface area contributed by atoms with Crippen LogP contribution in [0.25, 0.3) is 0 Å². The molecule has 0 aromatic heterocycles. The molecule has 4 aromatic rings. The van der Waals surface area contributed by atoms with Gasteiger partial charge in [-0.25, -0.2) is 19.2 Å². The van der Waals surface area contributed by atoms with Crippen LogP contribution in [0.15, 0.2) is 48.5 Å². The summed E-state index contributed by atoms with van der Waals surface area (Å²) in [6.45, 7) is -1.06. The molecule has 22 heteroatoms. The number of phenols is 12. The standard InChI is InChI=1S/C34H28O22/c35-14-1-10(2-15(36)23(14)43)30(48)52-9-22-27(47)28(54-31(49)11-3-16(37)24(44)17(38)4-11)29(55-32(50)12-5-18(39)25(45)19(40)6-12)34(53-22)56-33(51)13-7-20(41)26(46)21(42)8-13/h1-8,22,27-29,34-47H,9H2/t22-,27-,28+,29-,34+/m1/s1. The minimum atomic E-state index is -2.36. The summed E-state index contributed by atoms with van der Waals surface area (Å²) in [7, 11) is 0. The van der Waals surface area contributed by atoms with Crippen molar-refractivity contribution in [1.82, 2.24) is 0 Å². The van der Waals surface area contributed by atoms with E-state index in [1.165, 1.54) is 0 Å². The monoisotopic (exact) mass is 788 g/mol. The van der Waals surface area contributed by atoms with Gasteiger partial charge in [-0.1, -0.05) is 0 Å². The lowest BCUT2D eigenvalue weighted by Crippen LogP contribution is -2.62. The Hall–Kier alpha value is -7.72. The van der Waals surface area contributed by atoms with Gasteiger partial charge in [-0.3, -0.25) is 0 Å². The van der Waals surface area contributed by atoms with Crippen LogP contribution in [-0.2, 0) is 23.7 Å². The number of ether oxygens (including phenoxy) is 5. The number of carbonyl (C=O) groups is 4. The van der Waals surface area contributed by atoms with Crippen molar-refractivity contribution in [2.24, 2.45) is 0 Å². The molecule has 0 radical (unpaired) electrons. The first-order valence-corrected chi connectivity index (χ1v) is 15.4. The van der Waals surface area contributed by atoms with E-state index < -0.39 is 152 Å². The van der Waals surface area contributed by atoms with Gasteiger partial charge in [0.25, 0.3) is 0 Å². The van der Waals surface area contributed by atoms with E-state index in [9.17, 15) is 85.6 Å². The largest absolute Gasteiger partial charge is 0.504 e. The number of esters is 4. The molecule has 0 saturated carbocycles. The van der Waals surface area contributed by atoms with Crippen LogP contribution in [0.5, 0.6) is 69.0 Å². The first kappa shape index (κ1) is 39.5. The second kappa shape index (κ2) is 15.3. The number of aliphatic hydroxyl groups is 1. The molecule has 0 aliphatic carbocycles. The normalized spacial score (nSPS) is 19.1. The number of aliphatic hydroxyl groups excluding tert-OH is 1. The molecule has 1 saturated heterocycles. The fourth-order valence-corrected chi connectivity index (χ4v) is 5.07. The van der Waals surface area contributed by atoms with Crippen LogP contribution in [0.1, 0.15) is 41.4 Å². The quantitative estimate of drug-likeness (QED) is 0.0630. The molecule has 0 amide bonds. The lowest BCUT2D eigenvalue weighted by Gasteiger charge is -2.42. The molecule has 296 valence electrons. The molecule has 22 nitrogen and oxygen atoms in total. The maximum atomic E-state index is 13.4. The molecule has 5 atom stereocenters. The van der Waals surface area contributed by atoms with E-state index in [0.717, 1.165) is 0 Å². The third-order valence-corrected chi connectivity index (χ3v) is 7.93. The van der Waals surface area contributed by atoms with E-state index in [1.807, 2.05) is 0 Å². The third kappa shape index (κ3) is 7.95. The fourth-order valence-electron chi connectivity index (χ4n) is 5.07. The van der Waals surface area contributed by atoms with Crippen LogP contribution in [0.2, 0.25) is 0 Å². The van der Waals surface area contributed by atoms with Crippen LogP contribution in [0.3, 0.4) is 0 Å². The van der Waals surface area contributed by atoms with Gasteiger partial charge in [0, 0.05) is 0 Å². The molecule has 13 N–H and O–H groups in total. The van der Waals surface area contributed by atoms with Crippen molar-refractivity contribution in [3.05, 3.63) is 70.8 Å². The second-order valence-electron chi connectivity index (χ2n) is 11.7. The van der Waals surface area contributed by atoms with E-state index in [2.05, 4.69) is 0 Å². The Morgan fingerprint density at radius 1 is 0.446 bits per heavy atom. The average molecular weight is 789 g/mol. The van der Waals surface area contributed by atoms with Gasteiger partial charge in [-0.15, -0.1) is 0 Å². The van der Waals surface area contributed by atoms with Crippen molar-refractivity contribution in [3.63, 3.8) is 0 Å². The molecule has 5 rings (SSSR count). The van der Waals surface area contributed by atoms with Crippen molar-refractivity contribution in [1.29, 1.82) is 0 Å². The number of aromatic hydroxyl groups is 12. The molecule has 1 aliphatic heterocycles. The number of hydrogen-bond acceptors (Lipinski definition) is 22. The molecule has 0 spiro atoms. The van der Waals surface area contributed by atoms with E-state index >= 15 is 0 Å². The lowest BCUT2D eigenvalue weighted by atomic mass is 9.98. The van der Waals surface area contributed by atoms with Crippen LogP contribution in [0, 0.1) is 0 Å². The predicted octanol–water partition coefficient (Wildman–Crippen LogP) is 0.705. The van der Waals surface area contributed by atoms with Crippen LogP contribution >= 0.6 is 0 Å². The predicted molar refractivity (Wildman–Crippen MR) is 175 cm³/mol. The van der Waals surface area contributed by atoms with Crippen molar-refractivity contribution in [2.45, 2.75) is 30.7 Å². The van der Waals surface area contributed by atoms with Crippen LogP contribution in [-0.4, -0.2) is 128 Å².